The fraction of sp³-hybridized carbons (Fsp3) is 0.947. The summed E-state index contributed by atoms with van der Waals surface area (Å²) in [6.45, 7) is 13.1. The molecule has 0 aromatic carbocycles. The molecule has 0 aromatic rings. The fourth-order valence-electron chi connectivity index (χ4n) is 3.30. The Kier molecular flexibility index (Phi) is 8.10. The van der Waals surface area contributed by atoms with E-state index in [1.54, 1.807) is 0 Å². The Morgan fingerprint density at radius 1 is 0.750 bits per heavy atom. The van der Waals surface area contributed by atoms with E-state index in [4.69, 9.17) is 0 Å². The zero-order valence-electron chi connectivity index (χ0n) is 15.9. The van der Waals surface area contributed by atoms with Crippen LogP contribution in [0.15, 0.2) is 0 Å². The molecule has 3 nitrogen and oxygen atoms in total. The molecular formula is C19H40O3S2. The maximum absolute atomic E-state index is 11.6. The fourth-order valence-corrected chi connectivity index (χ4v) is 7.03. The molecule has 2 fully saturated rings. The van der Waals surface area contributed by atoms with E-state index in [0.717, 1.165) is 36.7 Å². The van der Waals surface area contributed by atoms with E-state index in [1.807, 2.05) is 0 Å². The topological polar surface area (TPSA) is 51.2 Å². The second-order valence-electron chi connectivity index (χ2n) is 9.48. The zero-order chi connectivity index (χ0) is 18.1. The standard InChI is InChI=1S/C10H20OS.C8H16O2S.CH4/c1-10(2,3)9-5-7-12(4,11)8-6-9;1-8(2,3)7-4-5-11(9,10)6-7;/h9H,4-8H2,1-3H3;7H,4-6H2,1-3H3;1H4. The van der Waals surface area contributed by atoms with Crippen molar-refractivity contribution >= 4 is 25.2 Å². The molecule has 0 bridgehead atoms. The van der Waals surface area contributed by atoms with Gasteiger partial charge in [0, 0.05) is 11.5 Å². The summed E-state index contributed by atoms with van der Waals surface area (Å²) in [6, 6.07) is 0. The highest BCUT2D eigenvalue weighted by atomic mass is 32.2. The van der Waals surface area contributed by atoms with Crippen molar-refractivity contribution in [3.05, 3.63) is 0 Å². The number of hydrogen-bond donors (Lipinski definition) is 0. The minimum absolute atomic E-state index is 0. The van der Waals surface area contributed by atoms with Crippen LogP contribution in [0.2, 0.25) is 0 Å². The number of hydrogen-bond acceptors (Lipinski definition) is 3. The molecule has 24 heavy (non-hydrogen) atoms. The molecule has 146 valence electrons. The van der Waals surface area contributed by atoms with Gasteiger partial charge in [-0.25, -0.2) is 8.42 Å². The van der Waals surface area contributed by atoms with Crippen molar-refractivity contribution in [2.24, 2.45) is 22.7 Å². The second kappa shape index (κ2) is 8.11. The maximum atomic E-state index is 11.6. The first-order valence-corrected chi connectivity index (χ1v) is 12.5. The van der Waals surface area contributed by atoms with Gasteiger partial charge in [0.2, 0.25) is 0 Å². The molecule has 0 saturated carbocycles. The molecule has 0 aromatic heterocycles. The largest absolute Gasteiger partial charge is 0.268 e. The molecule has 0 radical (unpaired) electrons. The molecule has 2 rings (SSSR count). The van der Waals surface area contributed by atoms with Gasteiger partial charge in [0.05, 0.1) is 11.5 Å². The Hall–Kier alpha value is -0.0300. The van der Waals surface area contributed by atoms with Gasteiger partial charge >= 0.3 is 0 Å². The molecule has 1 atom stereocenters. The van der Waals surface area contributed by atoms with Crippen LogP contribution < -0.4 is 0 Å². The van der Waals surface area contributed by atoms with Gasteiger partial charge in [-0.05, 0) is 57.3 Å². The summed E-state index contributed by atoms with van der Waals surface area (Å²) in [7, 11) is -4.35. The molecule has 0 amide bonds. The van der Waals surface area contributed by atoms with E-state index < -0.39 is 19.4 Å². The Balaban J connectivity index is 0.000000425. The van der Waals surface area contributed by atoms with Gasteiger partial charge in [-0.1, -0.05) is 49.0 Å². The lowest BCUT2D eigenvalue weighted by molar-refractivity contribution is 0.223. The van der Waals surface area contributed by atoms with E-state index in [2.05, 4.69) is 47.4 Å². The van der Waals surface area contributed by atoms with Crippen molar-refractivity contribution in [1.82, 2.24) is 0 Å². The molecular weight excluding hydrogens is 340 g/mol. The molecule has 5 heteroatoms. The van der Waals surface area contributed by atoms with Gasteiger partial charge in [-0.15, -0.1) is 0 Å². The van der Waals surface area contributed by atoms with Gasteiger partial charge in [0.25, 0.3) is 0 Å². The van der Waals surface area contributed by atoms with Crippen LogP contribution >= 0.6 is 0 Å². The predicted molar refractivity (Wildman–Crippen MR) is 110 cm³/mol. The molecule has 1 unspecified atom stereocenters. The van der Waals surface area contributed by atoms with E-state index in [1.165, 1.54) is 0 Å². The van der Waals surface area contributed by atoms with Gasteiger partial charge in [-0.2, -0.15) is 0 Å². The molecule has 2 saturated heterocycles. The van der Waals surface area contributed by atoms with Crippen molar-refractivity contribution in [3.63, 3.8) is 0 Å². The van der Waals surface area contributed by atoms with Crippen molar-refractivity contribution in [3.8, 4) is 0 Å². The quantitative estimate of drug-likeness (QED) is 0.590. The van der Waals surface area contributed by atoms with E-state index >= 15 is 0 Å². The molecule has 2 aliphatic rings. The summed E-state index contributed by atoms with van der Waals surface area (Å²) in [5.41, 5.74) is 0.541. The normalized spacial score (nSPS) is 33.1. The highest BCUT2D eigenvalue weighted by Gasteiger charge is 2.35. The van der Waals surface area contributed by atoms with Crippen LogP contribution in [0, 0.1) is 22.7 Å². The van der Waals surface area contributed by atoms with Crippen LogP contribution in [0.5, 0.6) is 0 Å². The zero-order valence-corrected chi connectivity index (χ0v) is 17.5. The highest BCUT2D eigenvalue weighted by molar-refractivity contribution is 8.00. The maximum Gasteiger partial charge on any atom is 0.150 e. The van der Waals surface area contributed by atoms with E-state index in [9.17, 15) is 12.6 Å². The minimum atomic E-state index is -2.68. The lowest BCUT2D eigenvalue weighted by Crippen LogP contribution is -2.31. The van der Waals surface area contributed by atoms with Crippen molar-refractivity contribution in [2.45, 2.75) is 68.2 Å². The second-order valence-corrected chi connectivity index (χ2v) is 14.5. The van der Waals surface area contributed by atoms with Crippen molar-refractivity contribution < 1.29 is 12.6 Å². The van der Waals surface area contributed by atoms with Crippen LogP contribution in [0.4, 0.5) is 0 Å². The third-order valence-electron chi connectivity index (χ3n) is 5.36. The summed E-state index contributed by atoms with van der Waals surface area (Å²) in [5.74, 6) is 7.37. The first-order valence-electron chi connectivity index (χ1n) is 8.65. The number of rotatable bonds is 0. The first-order chi connectivity index (χ1) is 10.1. The van der Waals surface area contributed by atoms with Crippen LogP contribution in [0.3, 0.4) is 0 Å². The molecule has 2 aliphatic heterocycles. The minimum Gasteiger partial charge on any atom is -0.268 e. The van der Waals surface area contributed by atoms with Gasteiger partial charge < -0.3 is 0 Å². The molecule has 0 aliphatic carbocycles. The summed E-state index contributed by atoms with van der Waals surface area (Å²) in [4.78, 5) is 0. The smallest absolute Gasteiger partial charge is 0.150 e. The predicted octanol–water partition coefficient (Wildman–Crippen LogP) is 4.26. The average molecular weight is 381 g/mol. The van der Waals surface area contributed by atoms with Crippen LogP contribution in [-0.4, -0.2) is 41.5 Å². The van der Waals surface area contributed by atoms with Crippen LogP contribution in [-0.2, 0) is 19.4 Å². The van der Waals surface area contributed by atoms with Gasteiger partial charge in [-0.3, -0.25) is 4.21 Å². The summed E-state index contributed by atoms with van der Waals surface area (Å²) >= 11 is 0. The molecule has 0 spiro atoms. The third kappa shape index (κ3) is 7.90. The van der Waals surface area contributed by atoms with Gasteiger partial charge in [0.1, 0.15) is 0 Å². The van der Waals surface area contributed by atoms with Crippen LogP contribution in [0.25, 0.3) is 0 Å². The SMILES string of the molecule is C.C=S1(=O)CCC(C(C)(C)C)CC1.CC(C)(C)C1CCS(=O)(=O)C1. The Morgan fingerprint density at radius 2 is 1.12 bits per heavy atom. The van der Waals surface area contributed by atoms with Crippen molar-refractivity contribution in [1.29, 1.82) is 0 Å². The summed E-state index contributed by atoms with van der Waals surface area (Å²) in [6.07, 6.45) is 3.06. The lowest BCUT2D eigenvalue weighted by atomic mass is 9.77. The lowest BCUT2D eigenvalue weighted by Gasteiger charge is -2.34. The van der Waals surface area contributed by atoms with E-state index in [0.29, 0.717) is 22.8 Å². The van der Waals surface area contributed by atoms with Crippen molar-refractivity contribution in [2.75, 3.05) is 23.0 Å². The van der Waals surface area contributed by atoms with Crippen LogP contribution in [0.1, 0.15) is 68.2 Å². The summed E-state index contributed by atoms with van der Waals surface area (Å²) in [5, 5.41) is 0. The molecule has 0 N–H and O–H groups in total. The summed E-state index contributed by atoms with van der Waals surface area (Å²) < 4.78 is 33.7. The number of sulfone groups is 1. The third-order valence-corrected chi connectivity index (χ3v) is 9.09. The van der Waals surface area contributed by atoms with Gasteiger partial charge in [0.15, 0.2) is 9.84 Å². The monoisotopic (exact) mass is 380 g/mol. The highest BCUT2D eigenvalue weighted by Crippen LogP contribution is 2.35. The first kappa shape index (κ1) is 24.0. The average Bonchev–Trinajstić information content (AvgIpc) is 2.68. The van der Waals surface area contributed by atoms with E-state index in [-0.39, 0.29) is 12.8 Å². The Labute approximate surface area is 151 Å². The molecule has 2 heterocycles. The Morgan fingerprint density at radius 3 is 1.38 bits per heavy atom. The Bertz CT molecular complexity index is 574.